The summed E-state index contributed by atoms with van der Waals surface area (Å²) in [6.07, 6.45) is -0.213. The Morgan fingerprint density at radius 3 is 2.79 bits per heavy atom. The second kappa shape index (κ2) is 9.07. The van der Waals surface area contributed by atoms with Crippen LogP contribution in [0.5, 0.6) is 5.75 Å². The molecule has 1 saturated heterocycles. The fraction of sp³-hybridized carbons (Fsp3) is 0.350. The Kier molecular flexibility index (Phi) is 6.31. The fourth-order valence-corrected chi connectivity index (χ4v) is 2.92. The summed E-state index contributed by atoms with van der Waals surface area (Å²) in [6, 6.07) is 12.2. The van der Waals surface area contributed by atoms with E-state index in [-0.39, 0.29) is 25.2 Å². The fourth-order valence-electron chi connectivity index (χ4n) is 2.92. The topological polar surface area (TPSA) is 98.1 Å². The van der Waals surface area contributed by atoms with E-state index < -0.39 is 11.7 Å². The molecule has 8 nitrogen and oxygen atoms in total. The number of alkyl carbamates (subject to hydrolysis) is 1. The summed E-state index contributed by atoms with van der Waals surface area (Å²) in [5.41, 5.74) is 0.396. The minimum atomic E-state index is -0.643. The molecule has 1 aromatic heterocycles. The van der Waals surface area contributed by atoms with Crippen molar-refractivity contribution in [2.24, 2.45) is 0 Å². The second-order valence-corrected chi connectivity index (χ2v) is 6.51. The minimum Gasteiger partial charge on any atom is -0.488 e. The summed E-state index contributed by atoms with van der Waals surface area (Å²) in [4.78, 5) is 37.0. The lowest BCUT2D eigenvalue weighted by atomic mass is 10.2. The predicted octanol–water partition coefficient (Wildman–Crippen LogP) is 1.85. The third kappa shape index (κ3) is 5.60. The third-order valence-corrected chi connectivity index (χ3v) is 4.26. The Morgan fingerprint density at radius 2 is 2.04 bits per heavy atom. The lowest BCUT2D eigenvalue weighted by Gasteiger charge is -2.17. The molecule has 1 aromatic carbocycles. The van der Waals surface area contributed by atoms with E-state index >= 15 is 0 Å². The smallest absolute Gasteiger partial charge is 0.407 e. The molecule has 1 unspecified atom stereocenters. The van der Waals surface area contributed by atoms with Crippen molar-refractivity contribution >= 4 is 12.0 Å². The molecule has 1 aliphatic rings. The van der Waals surface area contributed by atoms with Crippen molar-refractivity contribution in [2.75, 3.05) is 19.6 Å². The monoisotopic (exact) mass is 386 g/mol. The van der Waals surface area contributed by atoms with E-state index in [0.29, 0.717) is 31.0 Å². The first-order valence-electron chi connectivity index (χ1n) is 9.00. The van der Waals surface area contributed by atoms with E-state index in [1.54, 1.807) is 17.9 Å². The predicted molar refractivity (Wildman–Crippen MR) is 100.0 cm³/mol. The number of carbonyl (C=O) groups is 2. The van der Waals surface area contributed by atoms with Gasteiger partial charge >= 0.3 is 11.7 Å². The number of nitrogens with zero attached hydrogens (tertiary/aromatic N) is 1. The van der Waals surface area contributed by atoms with Crippen molar-refractivity contribution in [3.63, 3.8) is 0 Å². The molecule has 1 atom stereocenters. The number of likely N-dealkylation sites (tertiary alicyclic amines) is 1. The van der Waals surface area contributed by atoms with Crippen LogP contribution in [0.25, 0.3) is 0 Å². The highest BCUT2D eigenvalue weighted by Gasteiger charge is 2.28. The molecule has 1 aliphatic heterocycles. The Hall–Kier alpha value is -3.29. The van der Waals surface area contributed by atoms with Crippen LogP contribution in [-0.4, -0.2) is 42.6 Å². The van der Waals surface area contributed by atoms with Crippen molar-refractivity contribution < 1.29 is 23.5 Å². The van der Waals surface area contributed by atoms with Gasteiger partial charge < -0.3 is 24.1 Å². The number of nitrogens with one attached hydrogen (secondary N) is 1. The molecule has 0 radical (unpaired) electrons. The van der Waals surface area contributed by atoms with E-state index in [1.807, 2.05) is 30.3 Å². The van der Waals surface area contributed by atoms with Crippen molar-refractivity contribution in [3.05, 3.63) is 64.2 Å². The maximum atomic E-state index is 12.3. The van der Waals surface area contributed by atoms with Crippen LogP contribution in [0.3, 0.4) is 0 Å². The van der Waals surface area contributed by atoms with Crippen LogP contribution in [0.1, 0.15) is 17.7 Å². The summed E-state index contributed by atoms with van der Waals surface area (Å²) in [7, 11) is 0. The van der Waals surface area contributed by atoms with Gasteiger partial charge in [0.05, 0.1) is 12.6 Å². The molecule has 0 spiro atoms. The first-order valence-corrected chi connectivity index (χ1v) is 9.00. The van der Waals surface area contributed by atoms with Crippen LogP contribution in [0.2, 0.25) is 0 Å². The Morgan fingerprint density at radius 1 is 1.25 bits per heavy atom. The molecule has 3 rings (SSSR count). The van der Waals surface area contributed by atoms with Crippen LogP contribution < -0.4 is 15.7 Å². The lowest BCUT2D eigenvalue weighted by molar-refractivity contribution is -0.129. The molecule has 2 heterocycles. The summed E-state index contributed by atoms with van der Waals surface area (Å²) in [6.45, 7) is 2.57. The Labute approximate surface area is 162 Å². The molecule has 8 heteroatoms. The summed E-state index contributed by atoms with van der Waals surface area (Å²) < 4.78 is 15.7. The summed E-state index contributed by atoms with van der Waals surface area (Å²) in [5.74, 6) is 0.675. The summed E-state index contributed by atoms with van der Waals surface area (Å²) in [5, 5.41) is 2.46. The van der Waals surface area contributed by atoms with E-state index in [4.69, 9.17) is 13.9 Å². The van der Waals surface area contributed by atoms with E-state index in [2.05, 4.69) is 5.32 Å². The number of hydrogen-bond donors (Lipinski definition) is 1. The van der Waals surface area contributed by atoms with Crippen LogP contribution >= 0.6 is 0 Å². The molecule has 28 heavy (non-hydrogen) atoms. The quantitative estimate of drug-likeness (QED) is 0.814. The van der Waals surface area contributed by atoms with Crippen molar-refractivity contribution in [1.82, 2.24) is 10.2 Å². The molecule has 0 bridgehead atoms. The standard InChI is InChI=1S/C20H22N2O6/c1-14-9-17(10-19(24)27-14)28-16-7-8-22(12-16)18(23)11-21-20(25)26-13-15-5-3-2-4-6-15/h2-6,9-10,16H,7-8,11-13H2,1H3,(H,21,25). The maximum Gasteiger partial charge on any atom is 0.407 e. The first-order chi connectivity index (χ1) is 13.5. The molecule has 1 fully saturated rings. The van der Waals surface area contributed by atoms with Gasteiger partial charge in [-0.2, -0.15) is 0 Å². The number of amides is 2. The first kappa shape index (κ1) is 19.5. The molecule has 0 aliphatic carbocycles. The van der Waals surface area contributed by atoms with Gasteiger partial charge in [-0.15, -0.1) is 0 Å². The zero-order chi connectivity index (χ0) is 19.9. The van der Waals surface area contributed by atoms with Crippen molar-refractivity contribution in [2.45, 2.75) is 26.1 Å². The highest BCUT2D eigenvalue weighted by Crippen LogP contribution is 2.18. The van der Waals surface area contributed by atoms with Gasteiger partial charge in [0.2, 0.25) is 5.91 Å². The molecular weight excluding hydrogens is 364 g/mol. The number of hydrogen-bond acceptors (Lipinski definition) is 6. The Balaban J connectivity index is 1.40. The molecule has 148 valence electrons. The zero-order valence-corrected chi connectivity index (χ0v) is 15.6. The van der Waals surface area contributed by atoms with E-state index in [1.165, 1.54) is 6.07 Å². The van der Waals surface area contributed by atoms with Gasteiger partial charge in [0, 0.05) is 19.0 Å². The molecule has 2 aromatic rings. The average Bonchev–Trinajstić information content (AvgIpc) is 3.13. The van der Waals surface area contributed by atoms with Crippen LogP contribution in [0.15, 0.2) is 51.7 Å². The minimum absolute atomic E-state index is 0.144. The van der Waals surface area contributed by atoms with Gasteiger partial charge in [0.1, 0.15) is 30.8 Å². The number of carbonyl (C=O) groups excluding carboxylic acids is 2. The highest BCUT2D eigenvalue weighted by molar-refractivity contribution is 5.82. The number of benzene rings is 1. The van der Waals surface area contributed by atoms with Crippen LogP contribution in [-0.2, 0) is 16.1 Å². The van der Waals surface area contributed by atoms with Crippen LogP contribution in [0, 0.1) is 6.92 Å². The maximum absolute atomic E-state index is 12.3. The summed E-state index contributed by atoms with van der Waals surface area (Å²) >= 11 is 0. The Bertz CT molecular complexity index is 880. The largest absolute Gasteiger partial charge is 0.488 e. The molecule has 0 saturated carbocycles. The van der Waals surface area contributed by atoms with Crippen LogP contribution in [0.4, 0.5) is 4.79 Å². The van der Waals surface area contributed by atoms with Gasteiger partial charge in [-0.3, -0.25) is 4.79 Å². The van der Waals surface area contributed by atoms with Crippen molar-refractivity contribution in [3.8, 4) is 5.75 Å². The molecular formula is C20H22N2O6. The number of rotatable bonds is 6. The average molecular weight is 386 g/mol. The lowest BCUT2D eigenvalue weighted by Crippen LogP contribution is -2.39. The highest BCUT2D eigenvalue weighted by atomic mass is 16.5. The number of ether oxygens (including phenoxy) is 2. The van der Waals surface area contributed by atoms with Gasteiger partial charge in [-0.1, -0.05) is 30.3 Å². The normalized spacial score (nSPS) is 15.9. The van der Waals surface area contributed by atoms with Gasteiger partial charge in [-0.05, 0) is 12.5 Å². The third-order valence-electron chi connectivity index (χ3n) is 4.26. The van der Waals surface area contributed by atoms with E-state index in [9.17, 15) is 14.4 Å². The molecule has 2 amide bonds. The second-order valence-electron chi connectivity index (χ2n) is 6.51. The number of aryl methyl sites for hydroxylation is 1. The van der Waals surface area contributed by atoms with E-state index in [0.717, 1.165) is 5.56 Å². The SMILES string of the molecule is Cc1cc(OC2CCN(C(=O)CNC(=O)OCc3ccccc3)C2)cc(=O)o1. The molecule has 1 N–H and O–H groups in total. The van der Waals surface area contributed by atoms with Crippen molar-refractivity contribution in [1.29, 1.82) is 0 Å². The van der Waals surface area contributed by atoms with Gasteiger partial charge in [-0.25, -0.2) is 9.59 Å². The van der Waals surface area contributed by atoms with Gasteiger partial charge in [0.15, 0.2) is 0 Å². The van der Waals surface area contributed by atoms with Gasteiger partial charge in [0.25, 0.3) is 0 Å². The zero-order valence-electron chi connectivity index (χ0n) is 15.6.